The highest BCUT2D eigenvalue weighted by Crippen LogP contribution is 2.28. The number of nitrogens with two attached hydrogens (primary N) is 1. The molecule has 1 aromatic rings. The standard InChI is InChI=1S/C14H20N2O2/c1-2-18-10-9-16-8-7-11-5-3-4-6-12(11)13(16)14(15)17/h3-6,13H,2,7-10H2,1H3,(H2,15,17). The van der Waals surface area contributed by atoms with Gasteiger partial charge in [-0.15, -0.1) is 0 Å². The number of ether oxygens (including phenoxy) is 1. The van der Waals surface area contributed by atoms with Crippen molar-refractivity contribution in [2.75, 3.05) is 26.3 Å². The van der Waals surface area contributed by atoms with Crippen molar-refractivity contribution in [3.63, 3.8) is 0 Å². The van der Waals surface area contributed by atoms with Crippen molar-refractivity contribution in [2.24, 2.45) is 5.73 Å². The number of carbonyl (C=O) groups is 1. The maximum Gasteiger partial charge on any atom is 0.239 e. The molecule has 0 radical (unpaired) electrons. The minimum atomic E-state index is -0.310. The van der Waals surface area contributed by atoms with Gasteiger partial charge in [0.1, 0.15) is 6.04 Å². The Labute approximate surface area is 108 Å². The van der Waals surface area contributed by atoms with Crippen molar-refractivity contribution in [2.45, 2.75) is 19.4 Å². The Balaban J connectivity index is 2.16. The summed E-state index contributed by atoms with van der Waals surface area (Å²) in [5.74, 6) is -0.279. The molecule has 1 aliphatic heterocycles. The lowest BCUT2D eigenvalue weighted by Crippen LogP contribution is -2.43. The van der Waals surface area contributed by atoms with Gasteiger partial charge in [-0.05, 0) is 24.5 Å². The van der Waals surface area contributed by atoms with E-state index in [9.17, 15) is 4.79 Å². The van der Waals surface area contributed by atoms with Gasteiger partial charge in [-0.25, -0.2) is 0 Å². The number of primary amides is 1. The van der Waals surface area contributed by atoms with Crippen molar-refractivity contribution in [3.05, 3.63) is 35.4 Å². The largest absolute Gasteiger partial charge is 0.380 e. The monoisotopic (exact) mass is 248 g/mol. The highest BCUT2D eigenvalue weighted by molar-refractivity contribution is 5.82. The van der Waals surface area contributed by atoms with Crippen LogP contribution < -0.4 is 5.73 Å². The number of benzene rings is 1. The first kappa shape index (κ1) is 13.1. The molecule has 0 spiro atoms. The van der Waals surface area contributed by atoms with Crippen LogP contribution in [0.5, 0.6) is 0 Å². The van der Waals surface area contributed by atoms with Crippen LogP contribution in [0.15, 0.2) is 24.3 Å². The lowest BCUT2D eigenvalue weighted by molar-refractivity contribution is -0.124. The van der Waals surface area contributed by atoms with Crippen molar-refractivity contribution >= 4 is 5.91 Å². The van der Waals surface area contributed by atoms with Crippen LogP contribution in [0.2, 0.25) is 0 Å². The van der Waals surface area contributed by atoms with Crippen LogP contribution in [0.25, 0.3) is 0 Å². The van der Waals surface area contributed by atoms with Gasteiger partial charge in [0.2, 0.25) is 5.91 Å². The number of nitrogens with zero attached hydrogens (tertiary/aromatic N) is 1. The summed E-state index contributed by atoms with van der Waals surface area (Å²) in [5.41, 5.74) is 7.83. The first-order valence-electron chi connectivity index (χ1n) is 6.43. The maximum absolute atomic E-state index is 11.7. The Morgan fingerprint density at radius 3 is 3.00 bits per heavy atom. The summed E-state index contributed by atoms with van der Waals surface area (Å²) in [6.07, 6.45) is 0.964. The summed E-state index contributed by atoms with van der Waals surface area (Å²) in [5, 5.41) is 0. The SMILES string of the molecule is CCOCCN1CCc2ccccc2C1C(N)=O. The van der Waals surface area contributed by atoms with Crippen LogP contribution in [-0.2, 0) is 16.0 Å². The second-order valence-electron chi connectivity index (χ2n) is 4.49. The Morgan fingerprint density at radius 1 is 1.50 bits per heavy atom. The molecule has 0 saturated heterocycles. The topological polar surface area (TPSA) is 55.6 Å². The molecule has 18 heavy (non-hydrogen) atoms. The fourth-order valence-corrected chi connectivity index (χ4v) is 2.52. The van der Waals surface area contributed by atoms with Gasteiger partial charge in [-0.3, -0.25) is 9.69 Å². The van der Waals surface area contributed by atoms with E-state index in [1.165, 1.54) is 5.56 Å². The van der Waals surface area contributed by atoms with E-state index < -0.39 is 0 Å². The summed E-state index contributed by atoms with van der Waals surface area (Å²) in [7, 11) is 0. The molecule has 0 bridgehead atoms. The molecule has 0 saturated carbocycles. The fourth-order valence-electron chi connectivity index (χ4n) is 2.52. The van der Waals surface area contributed by atoms with Gasteiger partial charge in [-0.1, -0.05) is 24.3 Å². The van der Waals surface area contributed by atoms with Gasteiger partial charge in [-0.2, -0.15) is 0 Å². The smallest absolute Gasteiger partial charge is 0.239 e. The zero-order valence-corrected chi connectivity index (χ0v) is 10.8. The average molecular weight is 248 g/mol. The van der Waals surface area contributed by atoms with Crippen molar-refractivity contribution < 1.29 is 9.53 Å². The molecule has 4 nitrogen and oxygen atoms in total. The van der Waals surface area contributed by atoms with E-state index in [-0.39, 0.29) is 11.9 Å². The number of fused-ring (bicyclic) bond motifs is 1. The van der Waals surface area contributed by atoms with Crippen molar-refractivity contribution in [3.8, 4) is 0 Å². The minimum Gasteiger partial charge on any atom is -0.380 e. The third kappa shape index (κ3) is 2.71. The van der Waals surface area contributed by atoms with Crippen LogP contribution in [0.4, 0.5) is 0 Å². The molecule has 1 unspecified atom stereocenters. The van der Waals surface area contributed by atoms with Crippen LogP contribution in [0.3, 0.4) is 0 Å². The Hall–Kier alpha value is -1.39. The van der Waals surface area contributed by atoms with E-state index in [2.05, 4.69) is 11.0 Å². The van der Waals surface area contributed by atoms with Crippen LogP contribution in [-0.4, -0.2) is 37.1 Å². The number of rotatable bonds is 5. The fraction of sp³-hybridized carbons (Fsp3) is 0.500. The Bertz CT molecular complexity index is 420. The predicted octanol–water partition coefficient (Wildman–Crippen LogP) is 1.11. The van der Waals surface area contributed by atoms with Crippen LogP contribution >= 0.6 is 0 Å². The molecule has 0 aliphatic carbocycles. The highest BCUT2D eigenvalue weighted by Gasteiger charge is 2.30. The van der Waals surface area contributed by atoms with E-state index in [4.69, 9.17) is 10.5 Å². The third-order valence-electron chi connectivity index (χ3n) is 3.38. The Kier molecular flexibility index (Phi) is 4.33. The molecule has 0 fully saturated rings. The van der Waals surface area contributed by atoms with E-state index in [0.29, 0.717) is 13.2 Å². The zero-order chi connectivity index (χ0) is 13.0. The van der Waals surface area contributed by atoms with Crippen molar-refractivity contribution in [1.29, 1.82) is 0 Å². The summed E-state index contributed by atoms with van der Waals surface area (Å²) in [4.78, 5) is 13.8. The van der Waals surface area contributed by atoms with E-state index in [1.54, 1.807) is 0 Å². The summed E-state index contributed by atoms with van der Waals surface area (Å²) in [6, 6.07) is 7.73. The summed E-state index contributed by atoms with van der Waals surface area (Å²) < 4.78 is 5.36. The van der Waals surface area contributed by atoms with Gasteiger partial charge in [0.15, 0.2) is 0 Å². The molecule has 2 N–H and O–H groups in total. The Morgan fingerprint density at radius 2 is 2.28 bits per heavy atom. The summed E-state index contributed by atoms with van der Waals surface area (Å²) in [6.45, 7) is 4.92. The number of hydrogen-bond donors (Lipinski definition) is 1. The molecule has 1 amide bonds. The lowest BCUT2D eigenvalue weighted by atomic mass is 9.92. The van der Waals surface area contributed by atoms with Gasteiger partial charge in [0.25, 0.3) is 0 Å². The van der Waals surface area contributed by atoms with E-state index in [0.717, 1.165) is 25.1 Å². The molecule has 2 rings (SSSR count). The van der Waals surface area contributed by atoms with Crippen LogP contribution in [0.1, 0.15) is 24.1 Å². The molecule has 98 valence electrons. The van der Waals surface area contributed by atoms with Crippen molar-refractivity contribution in [1.82, 2.24) is 4.90 Å². The third-order valence-corrected chi connectivity index (χ3v) is 3.38. The van der Waals surface area contributed by atoms with Gasteiger partial charge >= 0.3 is 0 Å². The van der Waals surface area contributed by atoms with Gasteiger partial charge < -0.3 is 10.5 Å². The van der Waals surface area contributed by atoms with Gasteiger partial charge in [0.05, 0.1) is 6.61 Å². The molecule has 1 atom stereocenters. The number of carbonyl (C=O) groups excluding carboxylic acids is 1. The van der Waals surface area contributed by atoms with E-state index in [1.807, 2.05) is 25.1 Å². The highest BCUT2D eigenvalue weighted by atomic mass is 16.5. The lowest BCUT2D eigenvalue weighted by Gasteiger charge is -2.35. The second-order valence-corrected chi connectivity index (χ2v) is 4.49. The summed E-state index contributed by atoms with van der Waals surface area (Å²) >= 11 is 0. The first-order valence-corrected chi connectivity index (χ1v) is 6.43. The quantitative estimate of drug-likeness (QED) is 0.794. The number of amides is 1. The molecular formula is C14H20N2O2. The number of hydrogen-bond acceptors (Lipinski definition) is 3. The normalized spacial score (nSPS) is 19.5. The molecule has 0 aromatic heterocycles. The predicted molar refractivity (Wildman–Crippen MR) is 70.1 cm³/mol. The average Bonchev–Trinajstić information content (AvgIpc) is 2.38. The maximum atomic E-state index is 11.7. The minimum absolute atomic E-state index is 0.279. The van der Waals surface area contributed by atoms with Crippen LogP contribution in [0, 0.1) is 0 Å². The molecule has 1 aliphatic rings. The molecule has 1 heterocycles. The molecular weight excluding hydrogens is 228 g/mol. The molecule has 1 aromatic carbocycles. The molecule has 4 heteroatoms. The zero-order valence-electron chi connectivity index (χ0n) is 10.8. The second kappa shape index (κ2) is 5.98. The first-order chi connectivity index (χ1) is 8.74. The van der Waals surface area contributed by atoms with E-state index >= 15 is 0 Å². The van der Waals surface area contributed by atoms with Gasteiger partial charge in [0, 0.05) is 19.7 Å².